The molecule has 1 aromatic carbocycles. The van der Waals surface area contributed by atoms with E-state index < -0.39 is 173 Å². The first kappa shape index (κ1) is 126. The third kappa shape index (κ3) is 34.7. The Morgan fingerprint density at radius 1 is 0.221 bits per heavy atom. The lowest BCUT2D eigenvalue weighted by Gasteiger charge is -2.51. The Balaban J connectivity index is 0.939. The number of hydroxylamine groups is 12. The maximum Gasteiger partial charge on any atom is 0.338 e. The minimum atomic E-state index is -1.55. The van der Waals surface area contributed by atoms with Crippen LogP contribution in [0.15, 0.2) is 18.2 Å². The highest BCUT2D eigenvalue weighted by molar-refractivity contribution is 6.03. The van der Waals surface area contributed by atoms with Crippen LogP contribution < -0.4 is 0 Å². The number of hydrogen-bond acceptors (Lipinski definition) is 30. The average Bonchev–Trinajstić information content (AvgIpc) is 0.764. The van der Waals surface area contributed by atoms with Gasteiger partial charge in [-0.1, -0.05) is 201 Å². The average molecular weight is 2050 g/mol. The number of benzene rings is 1. The summed E-state index contributed by atoms with van der Waals surface area (Å²) in [4.78, 5) is 132. The van der Waals surface area contributed by atoms with Crippen molar-refractivity contribution in [3.05, 3.63) is 34.9 Å². The predicted molar refractivity (Wildman–Crippen MR) is 558 cm³/mol. The summed E-state index contributed by atoms with van der Waals surface area (Å²) in [5.41, 5.74) is -13.0. The van der Waals surface area contributed by atoms with Crippen LogP contribution in [0.5, 0.6) is 0 Å². The molecule has 834 valence electrons. The maximum atomic E-state index is 14.9. The van der Waals surface area contributed by atoms with Gasteiger partial charge < -0.3 is 73.9 Å². The number of unbranched alkanes of at least 4 members (excludes halogenated alkanes) is 25. The van der Waals surface area contributed by atoms with Crippen molar-refractivity contribution >= 4 is 53.7 Å². The van der Waals surface area contributed by atoms with Crippen LogP contribution in [0.4, 0.5) is 0 Å². The zero-order valence-electron chi connectivity index (χ0n) is 95.2. The number of carbonyl (C=O) groups is 9. The van der Waals surface area contributed by atoms with Gasteiger partial charge >= 0.3 is 53.7 Å². The summed E-state index contributed by atoms with van der Waals surface area (Å²) < 4.78 is 56.1. The van der Waals surface area contributed by atoms with Crippen LogP contribution in [0.3, 0.4) is 0 Å². The monoisotopic (exact) mass is 2050 g/mol. The summed E-state index contributed by atoms with van der Waals surface area (Å²) in [6.07, 6.45) is 26.6. The third-order valence-electron chi connectivity index (χ3n) is 32.5. The molecule has 6 heterocycles. The van der Waals surface area contributed by atoms with Crippen molar-refractivity contribution in [2.24, 2.45) is 16.2 Å². The largest absolute Gasteiger partial charge is 0.462 e. The van der Waals surface area contributed by atoms with Crippen LogP contribution in [0, 0.1) is 16.2 Å². The second-order valence-electron chi connectivity index (χ2n) is 52.1. The molecule has 0 atom stereocenters. The normalized spacial score (nSPS) is 21.7. The van der Waals surface area contributed by atoms with Gasteiger partial charge in [0, 0.05) is 144 Å². The van der Waals surface area contributed by atoms with Crippen molar-refractivity contribution in [2.75, 3.05) is 19.8 Å². The summed E-state index contributed by atoms with van der Waals surface area (Å²) in [5.74, 6) is -5.60. The Bertz CT molecular complexity index is 3840. The molecule has 0 aliphatic carbocycles. The zero-order valence-corrected chi connectivity index (χ0v) is 95.2. The van der Waals surface area contributed by atoms with E-state index in [0.717, 1.165) is 141 Å². The first-order valence-electron chi connectivity index (χ1n) is 56.2. The standard InChI is InChI=1S/C115H200N6O24/c1-28-31-59-113(95(125)140-86-71-101(4,5)116(131)102(6,7)72-86,96(126)141-87-73-103(8,9)117(132)104(10,11)74-87)62-53-47-41-35-34-38-44-50-56-65-137-92(122)83-68-84(93(123)138-66-57-51-45-39-36-42-48-54-63-114(60-32-29-2,97(127)142-88-75-105(12,13)118(133)106(14,15)76-88)98(128)143-89-77-107(16,17)119(134)108(18,19)78-89)70-85(69-83)94(124)139-67-58-52-46-40-37-43-49-55-64-115(61-33-30-3,99(129)144-90-79-109(20,21)120(135)110(22,23)80-90)100(130)145-91-81-111(24,25)121(136)112(26,27)82-91/h68-70,86-91,131-136H,28-67,71-82H2,1-27H3. The number of esters is 9. The van der Waals surface area contributed by atoms with Crippen molar-refractivity contribution in [3.63, 3.8) is 0 Å². The Hall–Kier alpha value is -6.03. The predicted octanol–water partition coefficient (Wildman–Crippen LogP) is 25.3. The number of nitrogens with zero attached hydrogens (tertiary/aromatic N) is 6. The second-order valence-corrected chi connectivity index (χ2v) is 52.1. The van der Waals surface area contributed by atoms with Crippen LogP contribution in [0.2, 0.25) is 0 Å². The fourth-order valence-electron chi connectivity index (χ4n) is 25.1. The van der Waals surface area contributed by atoms with E-state index in [9.17, 15) is 74.4 Å². The third-order valence-corrected chi connectivity index (χ3v) is 32.5. The van der Waals surface area contributed by atoms with Crippen molar-refractivity contribution in [3.8, 4) is 0 Å². The number of piperidine rings is 6. The summed E-state index contributed by atoms with van der Waals surface area (Å²) in [7, 11) is 0. The molecule has 0 amide bonds. The highest BCUT2D eigenvalue weighted by Gasteiger charge is 2.60. The van der Waals surface area contributed by atoms with E-state index in [4.69, 9.17) is 42.6 Å². The Labute approximate surface area is 872 Å². The van der Waals surface area contributed by atoms with Crippen molar-refractivity contribution in [1.29, 1.82) is 0 Å². The van der Waals surface area contributed by atoms with Gasteiger partial charge in [0.1, 0.15) is 36.6 Å². The van der Waals surface area contributed by atoms with Gasteiger partial charge in [-0.2, -0.15) is 30.4 Å². The molecule has 6 aliphatic heterocycles. The lowest BCUT2D eigenvalue weighted by atomic mass is 9.76. The van der Waals surface area contributed by atoms with Crippen LogP contribution in [0.1, 0.15) is 533 Å². The first-order valence-corrected chi connectivity index (χ1v) is 56.2. The van der Waals surface area contributed by atoms with E-state index in [-0.39, 0.29) is 75.0 Å². The molecule has 0 saturated carbocycles. The highest BCUT2D eigenvalue weighted by atomic mass is 16.6. The fraction of sp³-hybridized carbons (Fsp3) is 0.870. The van der Waals surface area contributed by atoms with Gasteiger partial charge in [0.2, 0.25) is 0 Å². The molecular weight excluding hydrogens is 1850 g/mol. The molecule has 6 aliphatic rings. The molecule has 30 heteroatoms. The summed E-state index contributed by atoms with van der Waals surface area (Å²) in [5, 5.41) is 74.8. The molecule has 30 nitrogen and oxygen atoms in total. The quantitative estimate of drug-likeness (QED) is 0.0153. The molecule has 145 heavy (non-hydrogen) atoms. The molecule has 0 spiro atoms. The second kappa shape index (κ2) is 53.5. The van der Waals surface area contributed by atoms with Gasteiger partial charge in [0.05, 0.1) is 36.5 Å². The molecular formula is C115H200N6O24. The van der Waals surface area contributed by atoms with E-state index in [1.807, 2.05) is 187 Å². The zero-order chi connectivity index (χ0) is 109. The summed E-state index contributed by atoms with van der Waals surface area (Å²) >= 11 is 0. The molecule has 1 aromatic rings. The lowest BCUT2D eigenvalue weighted by molar-refractivity contribution is -0.263. The van der Waals surface area contributed by atoms with E-state index in [1.165, 1.54) is 48.6 Å². The van der Waals surface area contributed by atoms with E-state index >= 15 is 0 Å². The van der Waals surface area contributed by atoms with Gasteiger partial charge in [-0.05, 0) is 242 Å². The molecule has 6 N–H and O–H groups in total. The van der Waals surface area contributed by atoms with E-state index in [1.54, 1.807) is 0 Å². The topological polar surface area (TPSA) is 378 Å². The molecule has 7 rings (SSSR count). The number of rotatable bonds is 58. The summed E-state index contributed by atoms with van der Waals surface area (Å²) in [6, 6.07) is 4.18. The van der Waals surface area contributed by atoms with E-state index in [2.05, 4.69) is 0 Å². The number of carbonyl (C=O) groups excluding carboxylic acids is 9. The van der Waals surface area contributed by atoms with Crippen LogP contribution in [-0.4, -0.2) is 238 Å². The molecule has 0 radical (unpaired) electrons. The maximum absolute atomic E-state index is 14.9. The Kier molecular flexibility index (Phi) is 46.4. The van der Waals surface area contributed by atoms with E-state index in [0.29, 0.717) is 135 Å². The van der Waals surface area contributed by atoms with Crippen molar-refractivity contribution in [2.45, 2.75) is 605 Å². The minimum absolute atomic E-state index is 0.00195. The Morgan fingerprint density at radius 3 is 0.483 bits per heavy atom. The molecule has 0 unspecified atom stereocenters. The molecule has 6 saturated heterocycles. The summed E-state index contributed by atoms with van der Waals surface area (Å²) in [6.45, 7) is 52.3. The number of hydrogen-bond donors (Lipinski definition) is 6. The minimum Gasteiger partial charge on any atom is -0.462 e. The lowest BCUT2D eigenvalue weighted by Crippen LogP contribution is -2.61. The SMILES string of the molecule is CCCCC(CCCCCCCCCCCOC(=O)c1cc(C(=O)OCCCCCCCCCCC(CCCC)(C(=O)OC2CC(C)(C)N(O)C(C)(C)C2)C(=O)OC2CC(C)(C)N(O)C(C)(C)C2)cc(C(=O)OCCCCCCCCCCC(CCCC)(C(=O)OC2CC(C)(C)N(O)C(C)(C)C2)C(=O)OC2CC(C)(C)N(O)C(C)(C)C2)c1)(C(=O)OC1CC(C)(C)N(O)C(C)(C)C1)C(=O)OC1CC(C)(C)N(O)C(C)(C)C1. The van der Waals surface area contributed by atoms with Gasteiger partial charge in [0.25, 0.3) is 0 Å². The Morgan fingerprint density at radius 2 is 0.345 bits per heavy atom. The molecule has 6 fully saturated rings. The molecule has 0 bridgehead atoms. The molecule has 0 aromatic heterocycles. The van der Waals surface area contributed by atoms with Crippen molar-refractivity contribution in [1.82, 2.24) is 30.4 Å². The fourth-order valence-corrected chi connectivity index (χ4v) is 25.1. The first-order chi connectivity index (χ1) is 67.3. The van der Waals surface area contributed by atoms with Crippen LogP contribution in [-0.2, 0) is 71.4 Å². The number of ether oxygens (including phenoxy) is 9. The van der Waals surface area contributed by atoms with Crippen LogP contribution in [0.25, 0.3) is 0 Å². The van der Waals surface area contributed by atoms with Gasteiger partial charge in [-0.25, -0.2) is 14.4 Å². The van der Waals surface area contributed by atoms with Gasteiger partial charge in [0.15, 0.2) is 16.2 Å². The highest BCUT2D eigenvalue weighted by Crippen LogP contribution is 2.50. The van der Waals surface area contributed by atoms with Gasteiger partial charge in [-0.3, -0.25) is 28.8 Å². The smallest absolute Gasteiger partial charge is 0.338 e. The van der Waals surface area contributed by atoms with Crippen LogP contribution >= 0.6 is 0 Å². The van der Waals surface area contributed by atoms with Gasteiger partial charge in [-0.15, -0.1) is 0 Å². The van der Waals surface area contributed by atoms with Crippen molar-refractivity contribution < 1.29 is 117 Å².